The minimum absolute atomic E-state index is 0.471. The minimum atomic E-state index is -0.471. The van der Waals surface area contributed by atoms with E-state index in [0.717, 1.165) is 11.1 Å². The number of halogens is 5. The van der Waals surface area contributed by atoms with Crippen molar-refractivity contribution in [3.63, 3.8) is 0 Å². The standard InChI is InChI=1S/C13H7Cl5/c14-7-2-4-11(16)10(5-7)13(18)9-3-1-8(15)6-12(9)17/h1-6,13H. The summed E-state index contributed by atoms with van der Waals surface area (Å²) in [5.41, 5.74) is 1.46. The lowest BCUT2D eigenvalue weighted by molar-refractivity contribution is 1.14. The van der Waals surface area contributed by atoms with Crippen LogP contribution in [-0.2, 0) is 0 Å². The van der Waals surface area contributed by atoms with Gasteiger partial charge in [-0.3, -0.25) is 0 Å². The van der Waals surface area contributed by atoms with Crippen molar-refractivity contribution in [2.45, 2.75) is 5.38 Å². The fourth-order valence-electron chi connectivity index (χ4n) is 1.58. The molecule has 0 saturated heterocycles. The molecule has 1 atom stereocenters. The molecule has 2 rings (SSSR count). The minimum Gasteiger partial charge on any atom is -0.112 e. The first-order chi connectivity index (χ1) is 8.49. The van der Waals surface area contributed by atoms with Crippen LogP contribution < -0.4 is 0 Å². The van der Waals surface area contributed by atoms with E-state index >= 15 is 0 Å². The van der Waals surface area contributed by atoms with Gasteiger partial charge < -0.3 is 0 Å². The molecule has 0 saturated carbocycles. The Hall–Kier alpha value is -0.110. The van der Waals surface area contributed by atoms with Crippen molar-refractivity contribution in [2.75, 3.05) is 0 Å². The quantitative estimate of drug-likeness (QED) is 0.538. The molecule has 2 aromatic rings. The number of benzene rings is 2. The third-order valence-electron chi connectivity index (χ3n) is 2.47. The Bertz CT molecular complexity index is 580. The highest BCUT2D eigenvalue weighted by atomic mass is 35.5. The highest BCUT2D eigenvalue weighted by Gasteiger charge is 2.17. The van der Waals surface area contributed by atoms with Gasteiger partial charge in [-0.25, -0.2) is 0 Å². The maximum atomic E-state index is 6.40. The second kappa shape index (κ2) is 5.90. The summed E-state index contributed by atoms with van der Waals surface area (Å²) in [6.45, 7) is 0. The summed E-state index contributed by atoms with van der Waals surface area (Å²) in [7, 11) is 0. The zero-order valence-electron chi connectivity index (χ0n) is 8.93. The van der Waals surface area contributed by atoms with Crippen LogP contribution >= 0.6 is 58.0 Å². The molecule has 0 N–H and O–H groups in total. The van der Waals surface area contributed by atoms with Crippen LogP contribution in [0.2, 0.25) is 20.1 Å². The summed E-state index contributed by atoms with van der Waals surface area (Å²) >= 11 is 30.4. The van der Waals surface area contributed by atoms with Crippen LogP contribution in [0.25, 0.3) is 0 Å². The first kappa shape index (κ1) is 14.3. The van der Waals surface area contributed by atoms with Crippen LogP contribution in [0.4, 0.5) is 0 Å². The molecule has 0 fully saturated rings. The topological polar surface area (TPSA) is 0 Å². The van der Waals surface area contributed by atoms with E-state index in [-0.39, 0.29) is 0 Å². The van der Waals surface area contributed by atoms with Gasteiger partial charge in [0.25, 0.3) is 0 Å². The molecule has 0 aliphatic carbocycles. The molecule has 0 aliphatic heterocycles. The molecule has 1 unspecified atom stereocenters. The molecule has 94 valence electrons. The molecular formula is C13H7Cl5. The van der Waals surface area contributed by atoms with Gasteiger partial charge in [-0.1, -0.05) is 52.5 Å². The summed E-state index contributed by atoms with van der Waals surface area (Å²) in [6, 6.07) is 10.3. The zero-order chi connectivity index (χ0) is 13.3. The van der Waals surface area contributed by atoms with E-state index in [2.05, 4.69) is 0 Å². The first-order valence-electron chi connectivity index (χ1n) is 5.03. The molecule has 5 heteroatoms. The van der Waals surface area contributed by atoms with E-state index in [0.29, 0.717) is 20.1 Å². The van der Waals surface area contributed by atoms with Crippen molar-refractivity contribution in [2.24, 2.45) is 0 Å². The number of hydrogen-bond donors (Lipinski definition) is 0. The van der Waals surface area contributed by atoms with Crippen LogP contribution in [0.1, 0.15) is 16.5 Å². The average Bonchev–Trinajstić information content (AvgIpc) is 2.31. The van der Waals surface area contributed by atoms with Crippen LogP contribution in [0.5, 0.6) is 0 Å². The molecule has 0 amide bonds. The lowest BCUT2D eigenvalue weighted by atomic mass is 10.0. The van der Waals surface area contributed by atoms with Crippen molar-refractivity contribution in [3.05, 3.63) is 67.6 Å². The maximum Gasteiger partial charge on any atom is 0.0864 e. The number of alkyl halides is 1. The van der Waals surface area contributed by atoms with E-state index in [1.807, 2.05) is 0 Å². The van der Waals surface area contributed by atoms with Gasteiger partial charge in [0, 0.05) is 20.1 Å². The monoisotopic (exact) mass is 338 g/mol. The summed E-state index contributed by atoms with van der Waals surface area (Å²) < 4.78 is 0. The molecule has 0 nitrogen and oxygen atoms in total. The molecular weight excluding hydrogens is 333 g/mol. The fourth-order valence-corrected chi connectivity index (χ4v) is 2.99. The Morgan fingerprint density at radius 1 is 0.667 bits per heavy atom. The molecule has 0 aromatic heterocycles. The Labute approximate surface area is 130 Å². The first-order valence-corrected chi connectivity index (χ1v) is 6.98. The van der Waals surface area contributed by atoms with Gasteiger partial charge in [-0.2, -0.15) is 0 Å². The fraction of sp³-hybridized carbons (Fsp3) is 0.0769. The molecule has 0 bridgehead atoms. The second-order valence-corrected chi connectivity index (χ2v) is 5.82. The molecule has 18 heavy (non-hydrogen) atoms. The molecule has 0 radical (unpaired) electrons. The summed E-state index contributed by atoms with van der Waals surface area (Å²) in [5.74, 6) is 0. The van der Waals surface area contributed by atoms with Gasteiger partial charge >= 0.3 is 0 Å². The van der Waals surface area contributed by atoms with Gasteiger partial charge in [0.1, 0.15) is 0 Å². The zero-order valence-corrected chi connectivity index (χ0v) is 12.7. The third kappa shape index (κ3) is 3.07. The normalized spacial score (nSPS) is 12.5. The number of hydrogen-bond acceptors (Lipinski definition) is 0. The number of rotatable bonds is 2. The van der Waals surface area contributed by atoms with Crippen molar-refractivity contribution < 1.29 is 0 Å². The van der Waals surface area contributed by atoms with Crippen LogP contribution in [0.15, 0.2) is 36.4 Å². The third-order valence-corrected chi connectivity index (χ3v) is 4.08. The Morgan fingerprint density at radius 2 is 1.28 bits per heavy atom. The Kier molecular flexibility index (Phi) is 4.69. The molecule has 2 aromatic carbocycles. The highest BCUT2D eigenvalue weighted by Crippen LogP contribution is 2.38. The van der Waals surface area contributed by atoms with E-state index in [9.17, 15) is 0 Å². The van der Waals surface area contributed by atoms with E-state index in [1.54, 1.807) is 36.4 Å². The van der Waals surface area contributed by atoms with Gasteiger partial charge in [0.2, 0.25) is 0 Å². The van der Waals surface area contributed by atoms with Crippen molar-refractivity contribution in [1.29, 1.82) is 0 Å². The largest absolute Gasteiger partial charge is 0.112 e. The Morgan fingerprint density at radius 3 is 1.94 bits per heavy atom. The second-order valence-electron chi connectivity index (χ2n) is 3.69. The SMILES string of the molecule is Clc1ccc(C(Cl)c2cc(Cl)ccc2Cl)c(Cl)c1. The van der Waals surface area contributed by atoms with Crippen LogP contribution in [0.3, 0.4) is 0 Å². The van der Waals surface area contributed by atoms with Crippen LogP contribution in [0, 0.1) is 0 Å². The van der Waals surface area contributed by atoms with Gasteiger partial charge in [0.05, 0.1) is 5.38 Å². The molecule has 0 aliphatic rings. The van der Waals surface area contributed by atoms with Gasteiger partial charge in [-0.05, 0) is 41.5 Å². The maximum absolute atomic E-state index is 6.40. The lowest BCUT2D eigenvalue weighted by Crippen LogP contribution is -1.95. The predicted octanol–water partition coefficient (Wildman–Crippen LogP) is 6.63. The molecule has 0 spiro atoms. The van der Waals surface area contributed by atoms with E-state index in [4.69, 9.17) is 58.0 Å². The van der Waals surface area contributed by atoms with Gasteiger partial charge in [-0.15, -0.1) is 11.6 Å². The van der Waals surface area contributed by atoms with Crippen molar-refractivity contribution >= 4 is 58.0 Å². The van der Waals surface area contributed by atoms with Crippen molar-refractivity contribution in [3.8, 4) is 0 Å². The summed E-state index contributed by atoms with van der Waals surface area (Å²) in [5, 5.41) is 1.71. The average molecular weight is 340 g/mol. The van der Waals surface area contributed by atoms with Crippen molar-refractivity contribution in [1.82, 2.24) is 0 Å². The lowest BCUT2D eigenvalue weighted by Gasteiger charge is -2.14. The van der Waals surface area contributed by atoms with E-state index < -0.39 is 5.38 Å². The Balaban J connectivity index is 2.47. The summed E-state index contributed by atoms with van der Waals surface area (Å²) in [6.07, 6.45) is 0. The summed E-state index contributed by atoms with van der Waals surface area (Å²) in [4.78, 5) is 0. The van der Waals surface area contributed by atoms with Gasteiger partial charge in [0.15, 0.2) is 0 Å². The highest BCUT2D eigenvalue weighted by molar-refractivity contribution is 6.37. The molecule has 0 heterocycles. The van der Waals surface area contributed by atoms with E-state index in [1.165, 1.54) is 0 Å². The predicted molar refractivity (Wildman–Crippen MR) is 80.6 cm³/mol. The smallest absolute Gasteiger partial charge is 0.0864 e. The van der Waals surface area contributed by atoms with Crippen LogP contribution in [-0.4, -0.2) is 0 Å².